The fourth-order valence-corrected chi connectivity index (χ4v) is 3.01. The third kappa shape index (κ3) is 2.59. The molecule has 2 unspecified atom stereocenters. The van der Waals surface area contributed by atoms with Crippen molar-refractivity contribution >= 4 is 12.3 Å². The number of fused-ring (bicyclic) bond motifs is 1. The quantitative estimate of drug-likeness (QED) is 0.588. The van der Waals surface area contributed by atoms with Gasteiger partial charge in [-0.25, -0.2) is 4.57 Å². The van der Waals surface area contributed by atoms with Gasteiger partial charge in [0.05, 0.1) is 6.42 Å². The van der Waals surface area contributed by atoms with E-state index in [1.54, 1.807) is 22.3 Å². The standard InChI is InChI=1S/C15H18FN2S/c1-4-6-8-13(7-5-2)15-12(3)11-14-17(15)9-10-18(14)19-16/h4-10,12,15H,1-2,11H2,3H3/q+1/b8-6-,13-7+. The molecule has 100 valence electrons. The number of imidazole rings is 1. The van der Waals surface area contributed by atoms with E-state index in [1.165, 1.54) is 0 Å². The molecule has 0 fully saturated rings. The van der Waals surface area contributed by atoms with Crippen LogP contribution in [0.25, 0.3) is 0 Å². The Morgan fingerprint density at radius 1 is 1.53 bits per heavy atom. The predicted octanol–water partition coefficient (Wildman–Crippen LogP) is 3.74. The normalized spacial score (nSPS) is 22.7. The topological polar surface area (TPSA) is 8.81 Å². The number of rotatable bonds is 5. The van der Waals surface area contributed by atoms with E-state index in [1.807, 2.05) is 24.4 Å². The number of allylic oxidation sites excluding steroid dienone is 6. The van der Waals surface area contributed by atoms with Crippen LogP contribution in [0.1, 0.15) is 18.8 Å². The van der Waals surface area contributed by atoms with Gasteiger partial charge in [0.1, 0.15) is 18.4 Å². The lowest BCUT2D eigenvalue weighted by atomic mass is 9.94. The molecule has 0 saturated heterocycles. The minimum absolute atomic E-state index is 0.220. The zero-order valence-corrected chi connectivity index (χ0v) is 11.8. The van der Waals surface area contributed by atoms with Crippen molar-refractivity contribution in [2.24, 2.45) is 5.92 Å². The summed E-state index contributed by atoms with van der Waals surface area (Å²) in [6.07, 6.45) is 14.1. The van der Waals surface area contributed by atoms with E-state index in [2.05, 4.69) is 24.6 Å². The van der Waals surface area contributed by atoms with E-state index in [-0.39, 0.29) is 18.4 Å². The van der Waals surface area contributed by atoms with Gasteiger partial charge in [0.25, 0.3) is 18.2 Å². The van der Waals surface area contributed by atoms with Crippen LogP contribution >= 0.6 is 12.3 Å². The molecule has 2 heterocycles. The van der Waals surface area contributed by atoms with Gasteiger partial charge in [-0.05, 0) is 5.57 Å². The highest BCUT2D eigenvalue weighted by Gasteiger charge is 2.39. The average molecular weight is 277 g/mol. The van der Waals surface area contributed by atoms with Gasteiger partial charge in [-0.15, -0.1) is 7.86 Å². The maximum absolute atomic E-state index is 12.8. The Morgan fingerprint density at radius 3 is 2.95 bits per heavy atom. The van der Waals surface area contributed by atoms with Gasteiger partial charge in [0, 0.05) is 5.92 Å². The predicted molar refractivity (Wildman–Crippen MR) is 78.2 cm³/mol. The summed E-state index contributed by atoms with van der Waals surface area (Å²) in [5.74, 6) is 1.43. The zero-order valence-electron chi connectivity index (χ0n) is 11.0. The summed E-state index contributed by atoms with van der Waals surface area (Å²) in [5, 5.41) is 0. The van der Waals surface area contributed by atoms with Crippen LogP contribution in [0.15, 0.2) is 61.5 Å². The number of halogens is 1. The molecule has 2 nitrogen and oxygen atoms in total. The van der Waals surface area contributed by atoms with Crippen LogP contribution in [-0.4, -0.2) is 3.97 Å². The van der Waals surface area contributed by atoms with E-state index < -0.39 is 0 Å². The molecule has 0 bridgehead atoms. The summed E-state index contributed by atoms with van der Waals surface area (Å²) in [5.41, 5.74) is 1.16. The summed E-state index contributed by atoms with van der Waals surface area (Å²) >= 11 is 0.250. The monoisotopic (exact) mass is 277 g/mol. The Morgan fingerprint density at radius 2 is 2.32 bits per heavy atom. The molecule has 2 atom stereocenters. The molecule has 0 amide bonds. The van der Waals surface area contributed by atoms with Crippen molar-refractivity contribution in [2.75, 3.05) is 0 Å². The zero-order chi connectivity index (χ0) is 13.8. The van der Waals surface area contributed by atoms with Gasteiger partial charge in [-0.2, -0.15) is 0 Å². The molecule has 0 saturated carbocycles. The van der Waals surface area contributed by atoms with Crippen LogP contribution in [0.4, 0.5) is 3.89 Å². The van der Waals surface area contributed by atoms with Crippen molar-refractivity contribution in [3.05, 3.63) is 67.3 Å². The first kappa shape index (κ1) is 13.9. The molecule has 0 spiro atoms. The van der Waals surface area contributed by atoms with Crippen LogP contribution in [0.3, 0.4) is 0 Å². The smallest absolute Gasteiger partial charge is 0.226 e. The molecule has 0 aromatic carbocycles. The molecule has 1 aliphatic heterocycles. The first-order chi connectivity index (χ1) is 9.22. The molecule has 19 heavy (non-hydrogen) atoms. The molecule has 0 N–H and O–H groups in total. The van der Waals surface area contributed by atoms with Gasteiger partial charge >= 0.3 is 0 Å². The lowest BCUT2D eigenvalue weighted by Gasteiger charge is -2.14. The summed E-state index contributed by atoms with van der Waals surface area (Å²) in [4.78, 5) is 0. The molecule has 1 aromatic rings. The maximum Gasteiger partial charge on any atom is 0.277 e. The van der Waals surface area contributed by atoms with Crippen LogP contribution in [0.5, 0.6) is 0 Å². The van der Waals surface area contributed by atoms with E-state index in [0.29, 0.717) is 5.92 Å². The lowest BCUT2D eigenvalue weighted by Crippen LogP contribution is -2.38. The SMILES string of the molecule is C=C/C=C\C(=C/C=C)C1C(C)Cc2n(SF)cc[n+]21. The van der Waals surface area contributed by atoms with Crippen LogP contribution in [-0.2, 0) is 6.42 Å². The Balaban J connectivity index is 2.41. The van der Waals surface area contributed by atoms with Gasteiger partial charge in [-0.1, -0.05) is 50.5 Å². The highest BCUT2D eigenvalue weighted by Crippen LogP contribution is 2.32. The summed E-state index contributed by atoms with van der Waals surface area (Å²) < 4.78 is 16.5. The van der Waals surface area contributed by atoms with E-state index >= 15 is 0 Å². The van der Waals surface area contributed by atoms with Crippen molar-refractivity contribution in [1.82, 2.24) is 3.97 Å². The molecule has 0 aliphatic carbocycles. The Labute approximate surface area is 118 Å². The fraction of sp³-hybridized carbons (Fsp3) is 0.267. The first-order valence-electron chi connectivity index (χ1n) is 6.25. The van der Waals surface area contributed by atoms with Gasteiger partial charge in [0.15, 0.2) is 0 Å². The van der Waals surface area contributed by atoms with Gasteiger partial charge < -0.3 is 0 Å². The average Bonchev–Trinajstić information content (AvgIpc) is 2.92. The first-order valence-corrected chi connectivity index (χ1v) is 6.92. The van der Waals surface area contributed by atoms with Crippen LogP contribution < -0.4 is 4.57 Å². The number of hydrogen-bond donors (Lipinski definition) is 0. The minimum atomic E-state index is 0.220. The third-order valence-corrected chi connectivity index (χ3v) is 3.89. The molecule has 2 rings (SSSR count). The molecule has 4 heteroatoms. The van der Waals surface area contributed by atoms with Crippen molar-refractivity contribution in [3.8, 4) is 0 Å². The second kappa shape index (κ2) is 6.06. The third-order valence-electron chi connectivity index (χ3n) is 3.41. The van der Waals surface area contributed by atoms with Gasteiger partial charge in [0.2, 0.25) is 0 Å². The Bertz CT molecular complexity index is 542. The molecular formula is C15H18FN2S+. The van der Waals surface area contributed by atoms with Crippen molar-refractivity contribution in [3.63, 3.8) is 0 Å². The maximum atomic E-state index is 12.8. The number of aromatic nitrogens is 2. The van der Waals surface area contributed by atoms with E-state index in [9.17, 15) is 3.89 Å². The number of nitrogens with zero attached hydrogens (tertiary/aromatic N) is 2. The van der Waals surface area contributed by atoms with Crippen molar-refractivity contribution in [2.45, 2.75) is 19.4 Å². The van der Waals surface area contributed by atoms with Crippen molar-refractivity contribution < 1.29 is 8.45 Å². The summed E-state index contributed by atoms with van der Waals surface area (Å²) in [7, 11) is 0. The second-order valence-corrected chi connectivity index (χ2v) is 5.17. The van der Waals surface area contributed by atoms with E-state index in [0.717, 1.165) is 17.8 Å². The molecule has 0 radical (unpaired) electrons. The summed E-state index contributed by atoms with van der Waals surface area (Å²) in [6.45, 7) is 9.65. The number of hydrogen-bond acceptors (Lipinski definition) is 1. The van der Waals surface area contributed by atoms with Crippen molar-refractivity contribution in [1.29, 1.82) is 0 Å². The molecule has 1 aliphatic rings. The Hall–Kier alpha value is -1.55. The Kier molecular flexibility index (Phi) is 4.43. The molecular weight excluding hydrogens is 259 g/mol. The van der Waals surface area contributed by atoms with Gasteiger partial charge in [-0.3, -0.25) is 0 Å². The van der Waals surface area contributed by atoms with Crippen LogP contribution in [0.2, 0.25) is 0 Å². The fourth-order valence-electron chi connectivity index (χ4n) is 2.66. The summed E-state index contributed by atoms with van der Waals surface area (Å²) in [6, 6.07) is 0.220. The van der Waals surface area contributed by atoms with Crippen LogP contribution in [0, 0.1) is 5.92 Å². The highest BCUT2D eigenvalue weighted by molar-refractivity contribution is 7.92. The van der Waals surface area contributed by atoms with E-state index in [4.69, 9.17) is 0 Å². The molecule has 1 aromatic heterocycles. The largest absolute Gasteiger partial charge is 0.277 e. The highest BCUT2D eigenvalue weighted by atomic mass is 32.2. The lowest BCUT2D eigenvalue weighted by molar-refractivity contribution is -0.710. The second-order valence-electron chi connectivity index (χ2n) is 4.64. The minimum Gasteiger partial charge on any atom is -0.226 e.